The average molecular weight is 516 g/mol. The van der Waals surface area contributed by atoms with E-state index in [1.54, 1.807) is 6.20 Å². The van der Waals surface area contributed by atoms with E-state index in [2.05, 4.69) is 30.9 Å². The summed E-state index contributed by atoms with van der Waals surface area (Å²) in [7, 11) is 0. The van der Waals surface area contributed by atoms with Crippen LogP contribution in [0.1, 0.15) is 35.3 Å². The summed E-state index contributed by atoms with van der Waals surface area (Å²) in [5, 5.41) is 11.9. The first-order valence-corrected chi connectivity index (χ1v) is 13.0. The Bertz CT molecular complexity index is 1390. The minimum absolute atomic E-state index is 0.0957. The van der Waals surface area contributed by atoms with Crippen molar-refractivity contribution in [2.24, 2.45) is 0 Å². The number of nitrogens with zero attached hydrogens (tertiary/aromatic N) is 4. The molecular formula is C28H30ClN7O. The van der Waals surface area contributed by atoms with Crippen molar-refractivity contribution in [3.63, 3.8) is 0 Å². The van der Waals surface area contributed by atoms with Gasteiger partial charge in [0.05, 0.1) is 5.52 Å². The Hall–Kier alpha value is -3.91. The normalized spacial score (nSPS) is 13.1. The SMILES string of the molecule is Cc1cc(NCCCNc2ccnc3cc(Cl)ccc23)nc(Nc2ccc(C(=O)N3CCCC3)cc2)n1. The molecule has 3 N–H and O–H groups in total. The number of pyridine rings is 1. The third-order valence-corrected chi connectivity index (χ3v) is 6.55. The molecule has 0 aliphatic carbocycles. The van der Waals surface area contributed by atoms with Gasteiger partial charge in [0.15, 0.2) is 0 Å². The molecule has 3 heterocycles. The van der Waals surface area contributed by atoms with E-state index in [0.29, 0.717) is 16.5 Å². The van der Waals surface area contributed by atoms with Crippen LogP contribution >= 0.6 is 11.6 Å². The van der Waals surface area contributed by atoms with Crippen molar-refractivity contribution >= 4 is 51.6 Å². The second kappa shape index (κ2) is 11.4. The van der Waals surface area contributed by atoms with Gasteiger partial charge in [-0.3, -0.25) is 9.78 Å². The number of benzene rings is 2. The lowest BCUT2D eigenvalue weighted by Crippen LogP contribution is -2.27. The van der Waals surface area contributed by atoms with Crippen molar-refractivity contribution in [3.05, 3.63) is 77.1 Å². The number of rotatable bonds is 9. The maximum atomic E-state index is 12.6. The molecule has 1 amide bonds. The van der Waals surface area contributed by atoms with Gasteiger partial charge in [-0.25, -0.2) is 4.98 Å². The van der Waals surface area contributed by atoms with Crippen LogP contribution in [0, 0.1) is 6.92 Å². The van der Waals surface area contributed by atoms with Gasteiger partial charge in [0.1, 0.15) is 5.82 Å². The lowest BCUT2D eigenvalue weighted by molar-refractivity contribution is 0.0793. The van der Waals surface area contributed by atoms with Gasteiger partial charge in [0.2, 0.25) is 5.95 Å². The molecule has 4 aromatic rings. The summed E-state index contributed by atoms with van der Waals surface area (Å²) in [6, 6.07) is 17.1. The fourth-order valence-corrected chi connectivity index (χ4v) is 4.61. The number of aryl methyl sites for hydroxylation is 1. The predicted octanol–water partition coefficient (Wildman–Crippen LogP) is 5.88. The Balaban J connectivity index is 1.13. The molecule has 1 fully saturated rings. The van der Waals surface area contributed by atoms with Crippen LogP contribution in [0.5, 0.6) is 0 Å². The van der Waals surface area contributed by atoms with Gasteiger partial charge >= 0.3 is 0 Å². The second-order valence-electron chi connectivity index (χ2n) is 9.15. The number of likely N-dealkylation sites (tertiary alicyclic amines) is 1. The molecule has 1 saturated heterocycles. The Morgan fingerprint density at radius 1 is 0.973 bits per heavy atom. The predicted molar refractivity (Wildman–Crippen MR) is 150 cm³/mol. The maximum absolute atomic E-state index is 12.6. The van der Waals surface area contributed by atoms with E-state index in [9.17, 15) is 4.79 Å². The molecule has 5 rings (SSSR count). The number of aromatic nitrogens is 3. The van der Waals surface area contributed by atoms with Crippen LogP contribution in [-0.4, -0.2) is 51.9 Å². The summed E-state index contributed by atoms with van der Waals surface area (Å²) in [5.41, 5.74) is 4.32. The molecule has 190 valence electrons. The largest absolute Gasteiger partial charge is 0.384 e. The summed E-state index contributed by atoms with van der Waals surface area (Å²) in [5.74, 6) is 1.37. The molecule has 1 aliphatic rings. The third-order valence-electron chi connectivity index (χ3n) is 6.32. The van der Waals surface area contributed by atoms with Crippen molar-refractivity contribution in [1.29, 1.82) is 0 Å². The summed E-state index contributed by atoms with van der Waals surface area (Å²) in [4.78, 5) is 28.0. The highest BCUT2D eigenvalue weighted by molar-refractivity contribution is 6.31. The van der Waals surface area contributed by atoms with Crippen LogP contribution in [0.25, 0.3) is 10.9 Å². The zero-order valence-electron chi connectivity index (χ0n) is 20.8. The summed E-state index contributed by atoms with van der Waals surface area (Å²) < 4.78 is 0. The van der Waals surface area contributed by atoms with Gasteiger partial charge in [0, 0.05) is 71.5 Å². The van der Waals surface area contributed by atoms with Crippen LogP contribution in [0.4, 0.5) is 23.1 Å². The molecule has 2 aromatic heterocycles. The molecule has 2 aromatic carbocycles. The number of hydrogen-bond donors (Lipinski definition) is 3. The van der Waals surface area contributed by atoms with Gasteiger partial charge in [-0.2, -0.15) is 4.98 Å². The summed E-state index contributed by atoms with van der Waals surface area (Å²) in [6.45, 7) is 5.19. The number of nitrogens with one attached hydrogen (secondary N) is 3. The van der Waals surface area contributed by atoms with Gasteiger partial charge in [-0.05, 0) is 74.7 Å². The lowest BCUT2D eigenvalue weighted by atomic mass is 10.2. The van der Waals surface area contributed by atoms with Gasteiger partial charge in [-0.15, -0.1) is 0 Å². The van der Waals surface area contributed by atoms with Crippen LogP contribution in [0.3, 0.4) is 0 Å². The number of halogens is 1. The van der Waals surface area contributed by atoms with Crippen molar-refractivity contribution in [3.8, 4) is 0 Å². The van der Waals surface area contributed by atoms with E-state index in [1.165, 1.54) is 0 Å². The number of anilines is 4. The van der Waals surface area contributed by atoms with Crippen LogP contribution < -0.4 is 16.0 Å². The molecule has 0 spiro atoms. The molecular weight excluding hydrogens is 486 g/mol. The highest BCUT2D eigenvalue weighted by Gasteiger charge is 2.19. The van der Waals surface area contributed by atoms with Crippen molar-refractivity contribution in [2.45, 2.75) is 26.2 Å². The number of carbonyl (C=O) groups excluding carboxylic acids is 1. The van der Waals surface area contributed by atoms with Crippen LogP contribution in [0.15, 0.2) is 60.8 Å². The van der Waals surface area contributed by atoms with Crippen LogP contribution in [0.2, 0.25) is 5.02 Å². The monoisotopic (exact) mass is 515 g/mol. The minimum atomic E-state index is 0.0957. The Labute approximate surface area is 221 Å². The van der Waals surface area contributed by atoms with Crippen molar-refractivity contribution < 1.29 is 4.79 Å². The lowest BCUT2D eigenvalue weighted by Gasteiger charge is -2.15. The fraction of sp³-hybridized carbons (Fsp3) is 0.286. The van der Waals surface area contributed by atoms with Gasteiger partial charge in [0.25, 0.3) is 5.91 Å². The van der Waals surface area contributed by atoms with Crippen molar-refractivity contribution in [1.82, 2.24) is 19.9 Å². The molecule has 9 heteroatoms. The highest BCUT2D eigenvalue weighted by Crippen LogP contribution is 2.24. The van der Waals surface area contributed by atoms with E-state index >= 15 is 0 Å². The van der Waals surface area contributed by atoms with E-state index < -0.39 is 0 Å². The molecule has 0 atom stereocenters. The van der Waals surface area contributed by atoms with Gasteiger partial charge in [-0.1, -0.05) is 11.6 Å². The first-order valence-electron chi connectivity index (χ1n) is 12.6. The Morgan fingerprint density at radius 2 is 1.76 bits per heavy atom. The molecule has 0 bridgehead atoms. The Morgan fingerprint density at radius 3 is 2.57 bits per heavy atom. The molecule has 0 radical (unpaired) electrons. The smallest absolute Gasteiger partial charge is 0.253 e. The zero-order valence-corrected chi connectivity index (χ0v) is 21.6. The molecule has 8 nitrogen and oxygen atoms in total. The van der Waals surface area contributed by atoms with E-state index in [0.717, 1.165) is 79.2 Å². The number of carbonyl (C=O) groups is 1. The van der Waals surface area contributed by atoms with Gasteiger partial charge < -0.3 is 20.9 Å². The van der Waals surface area contributed by atoms with Crippen LogP contribution in [-0.2, 0) is 0 Å². The van der Waals surface area contributed by atoms with Crippen molar-refractivity contribution in [2.75, 3.05) is 42.1 Å². The third kappa shape index (κ3) is 6.27. The second-order valence-corrected chi connectivity index (χ2v) is 9.58. The first-order chi connectivity index (χ1) is 18.0. The Kier molecular flexibility index (Phi) is 7.65. The molecule has 0 saturated carbocycles. The number of hydrogen-bond acceptors (Lipinski definition) is 7. The summed E-state index contributed by atoms with van der Waals surface area (Å²) >= 11 is 6.08. The zero-order chi connectivity index (χ0) is 25.6. The molecule has 0 unspecified atom stereocenters. The number of fused-ring (bicyclic) bond motifs is 1. The van der Waals surface area contributed by atoms with E-state index in [-0.39, 0.29) is 5.91 Å². The topological polar surface area (TPSA) is 95.1 Å². The fourth-order valence-electron chi connectivity index (χ4n) is 4.45. The molecule has 37 heavy (non-hydrogen) atoms. The van der Waals surface area contributed by atoms with E-state index in [4.69, 9.17) is 11.6 Å². The minimum Gasteiger partial charge on any atom is -0.384 e. The molecule has 1 aliphatic heterocycles. The maximum Gasteiger partial charge on any atom is 0.253 e. The standard InChI is InChI=1S/C28H30ClN7O/c1-19-17-26(32-13-4-12-30-24-11-14-31-25-18-21(29)7-10-23(24)25)35-28(33-19)34-22-8-5-20(6-9-22)27(37)36-15-2-3-16-36/h5-11,14,17-18H,2-4,12-13,15-16H2,1H3,(H,30,31)(H2,32,33,34,35). The first kappa shape index (κ1) is 24.8. The van der Waals surface area contributed by atoms with E-state index in [1.807, 2.05) is 66.4 Å². The number of amides is 1. The quantitative estimate of drug-likeness (QED) is 0.239. The average Bonchev–Trinajstić information content (AvgIpc) is 3.43. The highest BCUT2D eigenvalue weighted by atomic mass is 35.5. The summed E-state index contributed by atoms with van der Waals surface area (Å²) in [6.07, 6.45) is 4.85.